The third-order valence-corrected chi connectivity index (χ3v) is 1.87. The molecule has 0 amide bonds. The van der Waals surface area contributed by atoms with E-state index in [4.69, 9.17) is 0 Å². The minimum atomic E-state index is -2.85. The number of halogens is 3. The van der Waals surface area contributed by atoms with Crippen molar-refractivity contribution in [2.45, 2.75) is 6.43 Å². The maximum Gasteiger partial charge on any atom is 0.266 e. The van der Waals surface area contributed by atoms with Crippen LogP contribution in [0.4, 0.5) is 13.2 Å². The molecule has 77 valence electrons. The molecule has 0 aliphatic rings. The third-order valence-electron chi connectivity index (χ3n) is 1.87. The van der Waals surface area contributed by atoms with E-state index in [9.17, 15) is 13.2 Å². The monoisotopic (exact) mass is 212 g/mol. The summed E-state index contributed by atoms with van der Waals surface area (Å²) in [5.41, 5.74) is -0.718. The highest BCUT2D eigenvalue weighted by Crippen LogP contribution is 2.25. The van der Waals surface area contributed by atoms with E-state index in [0.717, 1.165) is 10.7 Å². The molecule has 1 aromatic heterocycles. The SMILES string of the molecule is Fc1c(C(F)F)cccc1-n1c[c]nn1. The van der Waals surface area contributed by atoms with Crippen LogP contribution >= 0.6 is 0 Å². The number of aromatic nitrogens is 3. The lowest BCUT2D eigenvalue weighted by molar-refractivity contribution is 0.146. The molecule has 3 nitrogen and oxygen atoms in total. The van der Waals surface area contributed by atoms with E-state index in [-0.39, 0.29) is 5.69 Å². The first-order valence-corrected chi connectivity index (χ1v) is 4.05. The van der Waals surface area contributed by atoms with Gasteiger partial charge in [-0.05, 0) is 6.07 Å². The summed E-state index contributed by atoms with van der Waals surface area (Å²) in [5.74, 6) is -0.994. The molecule has 0 aliphatic heterocycles. The smallest absolute Gasteiger partial charge is 0.217 e. The molecule has 0 spiro atoms. The number of benzene rings is 1. The van der Waals surface area contributed by atoms with Crippen LogP contribution < -0.4 is 0 Å². The normalized spacial score (nSPS) is 10.9. The molecule has 0 fully saturated rings. The van der Waals surface area contributed by atoms with Gasteiger partial charge in [0.05, 0.1) is 11.8 Å². The molecular weight excluding hydrogens is 207 g/mol. The van der Waals surface area contributed by atoms with Crippen molar-refractivity contribution in [3.63, 3.8) is 0 Å². The van der Waals surface area contributed by atoms with Gasteiger partial charge in [0.25, 0.3) is 6.43 Å². The van der Waals surface area contributed by atoms with Crippen LogP contribution in [0, 0.1) is 12.0 Å². The fraction of sp³-hybridized carbons (Fsp3) is 0.111. The summed E-state index contributed by atoms with van der Waals surface area (Å²) in [7, 11) is 0. The van der Waals surface area contributed by atoms with Gasteiger partial charge < -0.3 is 0 Å². The Labute approximate surface area is 83.1 Å². The first-order chi connectivity index (χ1) is 7.20. The van der Waals surface area contributed by atoms with Gasteiger partial charge in [0.15, 0.2) is 5.82 Å². The van der Waals surface area contributed by atoms with Crippen LogP contribution in [-0.2, 0) is 0 Å². The zero-order chi connectivity index (χ0) is 10.8. The highest BCUT2D eigenvalue weighted by atomic mass is 19.3. The number of rotatable bonds is 2. The number of nitrogens with zero attached hydrogens (tertiary/aromatic N) is 3. The van der Waals surface area contributed by atoms with Gasteiger partial charge in [0.1, 0.15) is 11.9 Å². The Kier molecular flexibility index (Phi) is 2.40. The number of hydrogen-bond acceptors (Lipinski definition) is 2. The van der Waals surface area contributed by atoms with Crippen LogP contribution in [0.25, 0.3) is 5.69 Å². The Balaban J connectivity index is 2.54. The van der Waals surface area contributed by atoms with Gasteiger partial charge >= 0.3 is 0 Å². The van der Waals surface area contributed by atoms with Crippen molar-refractivity contribution in [3.8, 4) is 5.69 Å². The van der Waals surface area contributed by atoms with Crippen molar-refractivity contribution in [2.24, 2.45) is 0 Å². The zero-order valence-corrected chi connectivity index (χ0v) is 7.36. The van der Waals surface area contributed by atoms with Crippen molar-refractivity contribution >= 4 is 0 Å². The van der Waals surface area contributed by atoms with Crippen LogP contribution in [0.3, 0.4) is 0 Å². The van der Waals surface area contributed by atoms with Gasteiger partial charge in [-0.15, -0.1) is 5.10 Å². The number of hydrogen-bond donors (Lipinski definition) is 0. The Morgan fingerprint density at radius 1 is 1.33 bits per heavy atom. The van der Waals surface area contributed by atoms with E-state index >= 15 is 0 Å². The van der Waals surface area contributed by atoms with Crippen molar-refractivity contribution in [2.75, 3.05) is 0 Å². The summed E-state index contributed by atoms with van der Waals surface area (Å²) in [4.78, 5) is 0. The van der Waals surface area contributed by atoms with Crippen LogP contribution in [0.2, 0.25) is 0 Å². The minimum Gasteiger partial charge on any atom is -0.217 e. The van der Waals surface area contributed by atoms with Crippen molar-refractivity contribution in [1.29, 1.82) is 0 Å². The van der Waals surface area contributed by atoms with Crippen LogP contribution in [0.5, 0.6) is 0 Å². The molecule has 1 radical (unpaired) electrons. The molecule has 0 saturated carbocycles. The largest absolute Gasteiger partial charge is 0.266 e. The molecule has 0 atom stereocenters. The standard InChI is InChI=1S/C9H5F3N3/c10-8-6(9(11)12)2-1-3-7(8)15-5-4-13-14-15/h1-3,5,9H. The number of alkyl halides is 2. The second-order valence-electron chi connectivity index (χ2n) is 2.77. The predicted octanol–water partition coefficient (Wildman–Crippen LogP) is 2.14. The summed E-state index contributed by atoms with van der Waals surface area (Å²) in [6.07, 6.45) is 0.760. The van der Waals surface area contributed by atoms with Crippen LogP contribution in [0.1, 0.15) is 12.0 Å². The second kappa shape index (κ2) is 3.72. The fourth-order valence-electron chi connectivity index (χ4n) is 1.18. The lowest BCUT2D eigenvalue weighted by atomic mass is 10.2. The van der Waals surface area contributed by atoms with E-state index < -0.39 is 17.8 Å². The van der Waals surface area contributed by atoms with Gasteiger partial charge in [-0.1, -0.05) is 17.3 Å². The molecule has 0 N–H and O–H groups in total. The molecule has 2 rings (SSSR count). The Hall–Kier alpha value is -1.85. The molecule has 1 aromatic carbocycles. The van der Waals surface area contributed by atoms with Crippen molar-refractivity contribution in [3.05, 3.63) is 42.0 Å². The van der Waals surface area contributed by atoms with Crippen molar-refractivity contribution < 1.29 is 13.2 Å². The average Bonchev–Trinajstić information content (AvgIpc) is 2.70. The highest BCUT2D eigenvalue weighted by Gasteiger charge is 2.17. The minimum absolute atomic E-state index is 0.0680. The molecule has 0 saturated heterocycles. The quantitative estimate of drug-likeness (QED) is 0.763. The summed E-state index contributed by atoms with van der Waals surface area (Å²) >= 11 is 0. The molecular formula is C9H5F3N3. The van der Waals surface area contributed by atoms with Gasteiger partial charge in [-0.25, -0.2) is 17.9 Å². The molecule has 15 heavy (non-hydrogen) atoms. The van der Waals surface area contributed by atoms with E-state index in [1.54, 1.807) is 0 Å². The van der Waals surface area contributed by atoms with E-state index in [0.29, 0.717) is 0 Å². The lowest BCUT2D eigenvalue weighted by Crippen LogP contribution is -2.02. The van der Waals surface area contributed by atoms with Gasteiger partial charge in [0, 0.05) is 0 Å². The first-order valence-electron chi connectivity index (χ1n) is 4.05. The van der Waals surface area contributed by atoms with Crippen LogP contribution in [0.15, 0.2) is 24.4 Å². The fourth-order valence-corrected chi connectivity index (χ4v) is 1.18. The summed E-state index contributed by atoms with van der Waals surface area (Å²) in [6, 6.07) is 3.70. The van der Waals surface area contributed by atoms with Gasteiger partial charge in [-0.2, -0.15) is 0 Å². The summed E-state index contributed by atoms with van der Waals surface area (Å²) < 4.78 is 39.3. The predicted molar refractivity (Wildman–Crippen MR) is 45.1 cm³/mol. The molecule has 0 bridgehead atoms. The molecule has 6 heteroatoms. The molecule has 0 aliphatic carbocycles. The zero-order valence-electron chi connectivity index (χ0n) is 7.36. The van der Waals surface area contributed by atoms with E-state index in [1.165, 1.54) is 18.3 Å². The molecule has 0 unspecified atom stereocenters. The molecule has 2 aromatic rings. The molecule has 1 heterocycles. The Bertz CT molecular complexity index is 454. The van der Waals surface area contributed by atoms with E-state index in [2.05, 4.69) is 16.5 Å². The van der Waals surface area contributed by atoms with Gasteiger partial charge in [-0.3, -0.25) is 0 Å². The topological polar surface area (TPSA) is 30.7 Å². The Morgan fingerprint density at radius 3 is 2.73 bits per heavy atom. The highest BCUT2D eigenvalue weighted by molar-refractivity contribution is 5.37. The third kappa shape index (κ3) is 1.70. The Morgan fingerprint density at radius 2 is 2.13 bits per heavy atom. The maximum absolute atomic E-state index is 13.5. The van der Waals surface area contributed by atoms with Crippen molar-refractivity contribution in [1.82, 2.24) is 15.0 Å². The summed E-state index contributed by atoms with van der Waals surface area (Å²) in [5, 5.41) is 6.82. The maximum atomic E-state index is 13.5. The van der Waals surface area contributed by atoms with Crippen LogP contribution in [-0.4, -0.2) is 15.0 Å². The summed E-state index contributed by atoms with van der Waals surface area (Å²) in [6.45, 7) is 0. The lowest BCUT2D eigenvalue weighted by Gasteiger charge is -2.06. The second-order valence-corrected chi connectivity index (χ2v) is 2.77. The average molecular weight is 212 g/mol. The van der Waals surface area contributed by atoms with Gasteiger partial charge in [0.2, 0.25) is 0 Å². The first kappa shape index (κ1) is 9.70. The van der Waals surface area contributed by atoms with E-state index in [1.807, 2.05) is 0 Å².